The van der Waals surface area contributed by atoms with E-state index < -0.39 is 0 Å². The fourth-order valence-electron chi connectivity index (χ4n) is 3.44. The Hall–Kier alpha value is -1.75. The van der Waals surface area contributed by atoms with Gasteiger partial charge in [0.25, 0.3) is 0 Å². The fraction of sp³-hybridized carbons (Fsp3) is 0.579. The molecule has 3 rings (SSSR count). The number of halogens is 1. The third kappa shape index (κ3) is 5.36. The third-order valence-electron chi connectivity index (χ3n) is 5.06. The van der Waals surface area contributed by atoms with Gasteiger partial charge in [-0.25, -0.2) is 0 Å². The molecule has 25 heavy (non-hydrogen) atoms. The van der Waals surface area contributed by atoms with E-state index in [4.69, 9.17) is 16.3 Å². The summed E-state index contributed by atoms with van der Waals surface area (Å²) in [6, 6.07) is 7.59. The Morgan fingerprint density at radius 2 is 1.92 bits per heavy atom. The number of likely N-dealkylation sites (tertiary alicyclic amines) is 1. The minimum Gasteiger partial charge on any atom is -0.493 e. The average molecular weight is 365 g/mol. The molecule has 1 N–H and O–H groups in total. The van der Waals surface area contributed by atoms with Gasteiger partial charge in [0.05, 0.1) is 6.61 Å². The quantitative estimate of drug-likeness (QED) is 0.844. The van der Waals surface area contributed by atoms with Crippen molar-refractivity contribution in [2.24, 2.45) is 5.92 Å². The first-order valence-electron chi connectivity index (χ1n) is 9.05. The predicted molar refractivity (Wildman–Crippen MR) is 96.6 cm³/mol. The molecule has 1 aromatic carbocycles. The molecule has 0 aliphatic carbocycles. The largest absolute Gasteiger partial charge is 0.493 e. The summed E-state index contributed by atoms with van der Waals surface area (Å²) in [4.78, 5) is 25.5. The standard InChI is InChI=1S/C19H25ClN2O3/c20-15-1-5-17(6-2-15)25-13-14-9-11-22(12-10-14)19(24)8-4-16-3-7-18(23)21-16/h1-2,5-6,14,16H,3-4,7-13H2,(H,21,23). The fourth-order valence-corrected chi connectivity index (χ4v) is 3.57. The van der Waals surface area contributed by atoms with Crippen molar-refractivity contribution in [3.8, 4) is 5.75 Å². The van der Waals surface area contributed by atoms with Crippen LogP contribution in [0.4, 0.5) is 0 Å². The monoisotopic (exact) mass is 364 g/mol. The number of carbonyl (C=O) groups is 2. The Morgan fingerprint density at radius 1 is 1.20 bits per heavy atom. The summed E-state index contributed by atoms with van der Waals surface area (Å²) in [6.45, 7) is 2.27. The second-order valence-electron chi connectivity index (χ2n) is 6.93. The predicted octanol–water partition coefficient (Wildman–Crippen LogP) is 3.02. The summed E-state index contributed by atoms with van der Waals surface area (Å²) >= 11 is 5.87. The van der Waals surface area contributed by atoms with Gasteiger partial charge in [-0.2, -0.15) is 0 Å². The normalized spacial score (nSPS) is 21.2. The summed E-state index contributed by atoms with van der Waals surface area (Å²) in [5.74, 6) is 1.63. The molecule has 0 bridgehead atoms. The molecule has 2 saturated heterocycles. The van der Waals surface area contributed by atoms with E-state index in [0.29, 0.717) is 30.4 Å². The van der Waals surface area contributed by atoms with Crippen LogP contribution in [0.25, 0.3) is 0 Å². The van der Waals surface area contributed by atoms with Crippen molar-refractivity contribution < 1.29 is 14.3 Å². The lowest BCUT2D eigenvalue weighted by atomic mass is 9.97. The van der Waals surface area contributed by atoms with Crippen LogP contribution in [-0.4, -0.2) is 42.5 Å². The van der Waals surface area contributed by atoms with Gasteiger partial charge in [0.1, 0.15) is 5.75 Å². The number of amides is 2. The Labute approximate surface area is 153 Å². The molecule has 2 aliphatic rings. The molecule has 0 saturated carbocycles. The van der Waals surface area contributed by atoms with E-state index in [1.165, 1.54) is 0 Å². The number of rotatable bonds is 6. The smallest absolute Gasteiger partial charge is 0.222 e. The van der Waals surface area contributed by atoms with Gasteiger partial charge < -0.3 is 15.0 Å². The van der Waals surface area contributed by atoms with E-state index in [1.807, 2.05) is 29.2 Å². The molecule has 2 amide bonds. The zero-order valence-corrected chi connectivity index (χ0v) is 15.1. The van der Waals surface area contributed by atoms with E-state index in [9.17, 15) is 9.59 Å². The van der Waals surface area contributed by atoms with Crippen LogP contribution in [0.15, 0.2) is 24.3 Å². The van der Waals surface area contributed by atoms with Gasteiger partial charge in [-0.1, -0.05) is 11.6 Å². The Morgan fingerprint density at radius 3 is 2.56 bits per heavy atom. The van der Waals surface area contributed by atoms with Crippen LogP contribution in [0.5, 0.6) is 5.75 Å². The van der Waals surface area contributed by atoms with Crippen LogP contribution >= 0.6 is 11.6 Å². The van der Waals surface area contributed by atoms with Crippen LogP contribution in [0.2, 0.25) is 5.02 Å². The molecule has 136 valence electrons. The molecule has 2 heterocycles. The van der Waals surface area contributed by atoms with E-state index >= 15 is 0 Å². The Bertz CT molecular complexity index is 597. The highest BCUT2D eigenvalue weighted by Crippen LogP contribution is 2.22. The maximum absolute atomic E-state index is 12.3. The van der Waals surface area contributed by atoms with Crippen molar-refractivity contribution >= 4 is 23.4 Å². The molecule has 1 aromatic rings. The summed E-state index contributed by atoms with van der Waals surface area (Å²) in [5.41, 5.74) is 0. The lowest BCUT2D eigenvalue weighted by molar-refractivity contribution is -0.133. The molecule has 0 aromatic heterocycles. The molecule has 0 spiro atoms. The lowest BCUT2D eigenvalue weighted by Crippen LogP contribution is -2.40. The summed E-state index contributed by atoms with van der Waals surface area (Å²) in [5, 5.41) is 3.63. The molecule has 1 unspecified atom stereocenters. The van der Waals surface area contributed by atoms with Gasteiger partial charge in [0.2, 0.25) is 11.8 Å². The topological polar surface area (TPSA) is 58.6 Å². The van der Waals surface area contributed by atoms with E-state index in [1.54, 1.807) is 0 Å². The van der Waals surface area contributed by atoms with E-state index in [0.717, 1.165) is 44.5 Å². The van der Waals surface area contributed by atoms with Gasteiger partial charge >= 0.3 is 0 Å². The van der Waals surface area contributed by atoms with Gasteiger partial charge in [0, 0.05) is 37.0 Å². The van der Waals surface area contributed by atoms with Crippen molar-refractivity contribution in [1.82, 2.24) is 10.2 Å². The summed E-state index contributed by atoms with van der Waals surface area (Å²) < 4.78 is 5.82. The minimum absolute atomic E-state index is 0.110. The van der Waals surface area contributed by atoms with Crippen molar-refractivity contribution in [1.29, 1.82) is 0 Å². The molecule has 2 fully saturated rings. The number of ether oxygens (including phenoxy) is 1. The van der Waals surface area contributed by atoms with Crippen molar-refractivity contribution in [2.45, 2.75) is 44.6 Å². The first kappa shape index (κ1) is 18.1. The highest BCUT2D eigenvalue weighted by atomic mass is 35.5. The second-order valence-corrected chi connectivity index (χ2v) is 7.37. The van der Waals surface area contributed by atoms with Gasteiger partial charge in [-0.05, 0) is 55.9 Å². The maximum atomic E-state index is 12.3. The van der Waals surface area contributed by atoms with E-state index in [-0.39, 0.29) is 17.9 Å². The van der Waals surface area contributed by atoms with Crippen LogP contribution in [0.1, 0.15) is 38.5 Å². The molecular formula is C19H25ClN2O3. The number of nitrogens with zero attached hydrogens (tertiary/aromatic N) is 1. The van der Waals surface area contributed by atoms with Crippen molar-refractivity contribution in [3.05, 3.63) is 29.3 Å². The van der Waals surface area contributed by atoms with Gasteiger partial charge in [0.15, 0.2) is 0 Å². The second kappa shape index (κ2) is 8.56. The number of nitrogens with one attached hydrogen (secondary N) is 1. The average Bonchev–Trinajstić information content (AvgIpc) is 3.05. The SMILES string of the molecule is O=C1CCC(CCC(=O)N2CCC(COc3ccc(Cl)cc3)CC2)N1. The highest BCUT2D eigenvalue weighted by Gasteiger charge is 2.25. The number of hydrogen-bond acceptors (Lipinski definition) is 3. The Kier molecular flexibility index (Phi) is 6.19. The molecule has 2 aliphatic heterocycles. The number of piperidine rings is 1. The Balaban J connectivity index is 1.34. The third-order valence-corrected chi connectivity index (χ3v) is 5.31. The molecular weight excluding hydrogens is 340 g/mol. The minimum atomic E-state index is 0.110. The zero-order chi connectivity index (χ0) is 17.6. The summed E-state index contributed by atoms with van der Waals surface area (Å²) in [7, 11) is 0. The van der Waals surface area contributed by atoms with E-state index in [2.05, 4.69) is 5.32 Å². The van der Waals surface area contributed by atoms with Crippen molar-refractivity contribution in [2.75, 3.05) is 19.7 Å². The maximum Gasteiger partial charge on any atom is 0.222 e. The van der Waals surface area contributed by atoms with Crippen LogP contribution in [0.3, 0.4) is 0 Å². The number of benzene rings is 1. The van der Waals surface area contributed by atoms with Gasteiger partial charge in [-0.15, -0.1) is 0 Å². The van der Waals surface area contributed by atoms with Crippen molar-refractivity contribution in [3.63, 3.8) is 0 Å². The van der Waals surface area contributed by atoms with Crippen LogP contribution in [-0.2, 0) is 9.59 Å². The molecule has 0 radical (unpaired) electrons. The number of carbonyl (C=O) groups excluding carboxylic acids is 2. The number of hydrogen-bond donors (Lipinski definition) is 1. The first-order valence-corrected chi connectivity index (χ1v) is 9.43. The van der Waals surface area contributed by atoms with Gasteiger partial charge in [-0.3, -0.25) is 9.59 Å². The molecule has 5 nitrogen and oxygen atoms in total. The van der Waals surface area contributed by atoms with Crippen LogP contribution in [0, 0.1) is 5.92 Å². The zero-order valence-electron chi connectivity index (χ0n) is 14.4. The first-order chi connectivity index (χ1) is 12.1. The molecule has 6 heteroatoms. The lowest BCUT2D eigenvalue weighted by Gasteiger charge is -2.32. The van der Waals surface area contributed by atoms with Crippen LogP contribution < -0.4 is 10.1 Å². The molecule has 1 atom stereocenters. The highest BCUT2D eigenvalue weighted by molar-refractivity contribution is 6.30. The summed E-state index contributed by atoms with van der Waals surface area (Å²) in [6.07, 6.45) is 4.67.